The first-order chi connectivity index (χ1) is 31.5. The van der Waals surface area contributed by atoms with E-state index in [0.29, 0.717) is 0 Å². The maximum atomic E-state index is 6.99. The molecule has 3 heteroatoms. The van der Waals surface area contributed by atoms with Crippen molar-refractivity contribution in [3.63, 3.8) is 0 Å². The molecule has 0 aliphatic heterocycles. The fourth-order valence-electron chi connectivity index (χ4n) is 10.8. The van der Waals surface area contributed by atoms with Crippen molar-refractivity contribution in [2.45, 2.75) is 19.3 Å². The molecule has 0 unspecified atom stereocenters. The lowest BCUT2D eigenvalue weighted by Gasteiger charge is -2.30. The first kappa shape index (κ1) is 36.5. The van der Waals surface area contributed by atoms with E-state index >= 15 is 0 Å². The van der Waals surface area contributed by atoms with Crippen LogP contribution in [0.15, 0.2) is 223 Å². The highest BCUT2D eigenvalue weighted by Gasteiger charge is 2.35. The zero-order valence-corrected chi connectivity index (χ0v) is 35.6. The summed E-state index contributed by atoms with van der Waals surface area (Å²) in [5.41, 5.74) is 18.3. The lowest BCUT2D eigenvalue weighted by molar-refractivity contribution is 0.660. The molecule has 3 nitrogen and oxygen atoms in total. The summed E-state index contributed by atoms with van der Waals surface area (Å²) in [5.74, 6) is 0. The largest absolute Gasteiger partial charge is 0.455 e. The number of hydrogen-bond acceptors (Lipinski definition) is 2. The summed E-state index contributed by atoms with van der Waals surface area (Å²) in [6.45, 7) is 4.71. The molecule has 0 spiro atoms. The average Bonchev–Trinajstić information content (AvgIpc) is 3.98. The Morgan fingerprint density at radius 2 is 0.984 bits per heavy atom. The Bertz CT molecular complexity index is 3770. The summed E-state index contributed by atoms with van der Waals surface area (Å²) >= 11 is 0. The van der Waals surface area contributed by atoms with E-state index in [2.05, 4.69) is 242 Å². The van der Waals surface area contributed by atoms with Crippen molar-refractivity contribution in [3.05, 3.63) is 230 Å². The highest BCUT2D eigenvalue weighted by Crippen LogP contribution is 2.52. The molecule has 0 N–H and O–H groups in total. The van der Waals surface area contributed by atoms with Crippen LogP contribution in [0.25, 0.3) is 93.6 Å². The van der Waals surface area contributed by atoms with Gasteiger partial charge in [-0.05, 0) is 99.4 Å². The van der Waals surface area contributed by atoms with E-state index in [-0.39, 0.29) is 5.41 Å². The predicted molar refractivity (Wildman–Crippen MR) is 269 cm³/mol. The van der Waals surface area contributed by atoms with E-state index in [4.69, 9.17) is 4.42 Å². The van der Waals surface area contributed by atoms with Gasteiger partial charge in [0.1, 0.15) is 11.2 Å². The molecule has 0 amide bonds. The van der Waals surface area contributed by atoms with Crippen molar-refractivity contribution >= 4 is 71.6 Å². The predicted octanol–water partition coefficient (Wildman–Crippen LogP) is 16.9. The molecular weight excluding hydrogens is 777 g/mol. The highest BCUT2D eigenvalue weighted by molar-refractivity contribution is 6.18. The van der Waals surface area contributed by atoms with Gasteiger partial charge in [-0.3, -0.25) is 0 Å². The third-order valence-corrected chi connectivity index (χ3v) is 13.8. The molecule has 64 heavy (non-hydrogen) atoms. The zero-order valence-electron chi connectivity index (χ0n) is 35.6. The van der Waals surface area contributed by atoms with Gasteiger partial charge in [-0.15, -0.1) is 0 Å². The van der Waals surface area contributed by atoms with Crippen LogP contribution in [0.1, 0.15) is 25.0 Å². The van der Waals surface area contributed by atoms with Crippen LogP contribution in [0.2, 0.25) is 0 Å². The maximum absolute atomic E-state index is 6.99. The minimum Gasteiger partial charge on any atom is -0.455 e. The number of nitrogens with zero attached hydrogens (tertiary/aromatic N) is 2. The second kappa shape index (κ2) is 13.9. The molecule has 0 atom stereocenters. The quantitative estimate of drug-likeness (QED) is 0.167. The lowest BCUT2D eigenvalue weighted by Crippen LogP contribution is -2.15. The van der Waals surface area contributed by atoms with Gasteiger partial charge in [0.2, 0.25) is 0 Å². The average molecular weight is 819 g/mol. The van der Waals surface area contributed by atoms with E-state index < -0.39 is 0 Å². The molecule has 2 heterocycles. The van der Waals surface area contributed by atoms with Gasteiger partial charge >= 0.3 is 0 Å². The molecule has 1 aliphatic rings. The number of furan rings is 1. The smallest absolute Gasteiger partial charge is 0.145 e. The molecule has 0 radical (unpaired) electrons. The molecule has 10 aromatic carbocycles. The van der Waals surface area contributed by atoms with Gasteiger partial charge in [0.15, 0.2) is 0 Å². The third-order valence-electron chi connectivity index (χ3n) is 13.8. The Morgan fingerprint density at radius 1 is 0.406 bits per heavy atom. The van der Waals surface area contributed by atoms with Crippen molar-refractivity contribution in [2.24, 2.45) is 0 Å². The van der Waals surface area contributed by atoms with Crippen LogP contribution in [-0.4, -0.2) is 4.57 Å². The van der Waals surface area contributed by atoms with Crippen molar-refractivity contribution in [2.75, 3.05) is 4.90 Å². The van der Waals surface area contributed by atoms with Crippen LogP contribution in [0.4, 0.5) is 17.1 Å². The minimum absolute atomic E-state index is 0.119. The van der Waals surface area contributed by atoms with Gasteiger partial charge in [0, 0.05) is 43.8 Å². The summed E-state index contributed by atoms with van der Waals surface area (Å²) in [6.07, 6.45) is 0. The number of para-hydroxylation sites is 4. The molecule has 1 aliphatic carbocycles. The molecule has 2 aromatic heterocycles. The van der Waals surface area contributed by atoms with Crippen molar-refractivity contribution in [1.82, 2.24) is 4.57 Å². The van der Waals surface area contributed by atoms with Gasteiger partial charge in [0.05, 0.1) is 33.5 Å². The highest BCUT2D eigenvalue weighted by atomic mass is 16.3. The Balaban J connectivity index is 1.02. The van der Waals surface area contributed by atoms with Gasteiger partial charge in [0.25, 0.3) is 0 Å². The fraction of sp³-hybridized carbons (Fsp3) is 0.0492. The second-order valence-electron chi connectivity index (χ2n) is 17.6. The number of aromatic nitrogens is 1. The van der Waals surface area contributed by atoms with Crippen LogP contribution < -0.4 is 4.90 Å². The van der Waals surface area contributed by atoms with Crippen LogP contribution in [0.3, 0.4) is 0 Å². The van der Waals surface area contributed by atoms with Gasteiger partial charge < -0.3 is 13.9 Å². The Hall–Kier alpha value is -8.14. The van der Waals surface area contributed by atoms with E-state index in [1.54, 1.807) is 0 Å². The summed E-state index contributed by atoms with van der Waals surface area (Å²) in [5, 5.41) is 7.03. The number of hydrogen-bond donors (Lipinski definition) is 0. The van der Waals surface area contributed by atoms with E-state index in [9.17, 15) is 0 Å². The number of fused-ring (bicyclic) bond motifs is 10. The summed E-state index contributed by atoms with van der Waals surface area (Å²) < 4.78 is 9.36. The molecule has 0 fully saturated rings. The lowest BCUT2D eigenvalue weighted by atomic mass is 9.81. The van der Waals surface area contributed by atoms with Gasteiger partial charge in [-0.2, -0.15) is 0 Å². The van der Waals surface area contributed by atoms with Crippen LogP contribution >= 0.6 is 0 Å². The van der Waals surface area contributed by atoms with Crippen LogP contribution in [0.5, 0.6) is 0 Å². The van der Waals surface area contributed by atoms with Gasteiger partial charge in [-0.25, -0.2) is 0 Å². The third kappa shape index (κ3) is 5.34. The Morgan fingerprint density at radius 3 is 1.78 bits per heavy atom. The number of rotatable bonds is 6. The van der Waals surface area contributed by atoms with Crippen LogP contribution in [0, 0.1) is 0 Å². The molecule has 302 valence electrons. The maximum Gasteiger partial charge on any atom is 0.145 e. The van der Waals surface area contributed by atoms with Crippen molar-refractivity contribution in [1.29, 1.82) is 0 Å². The van der Waals surface area contributed by atoms with E-state index in [1.807, 2.05) is 0 Å². The van der Waals surface area contributed by atoms with E-state index in [1.165, 1.54) is 60.4 Å². The summed E-state index contributed by atoms with van der Waals surface area (Å²) in [4.78, 5) is 2.48. The Kier molecular flexibility index (Phi) is 7.95. The standard InChI is InChI=1S/C61H42N2O/c1-61(2)51-24-10-5-20-46(51)47-35-32-41(38-52(47)61)44-19-6-11-25-53(44)63(54-28-15-17-39-16-3-4-18-43(39)54)57-37-36-45(60-59(57)50-23-9-14-29-58(50)64-60)40-30-33-42(34-31-40)62-55-26-12-7-21-48(55)49-22-8-13-27-56(49)62/h3-38H,1-2H3. The SMILES string of the molecule is CC1(C)c2ccccc2-c2ccc(-c3ccccc3N(c3cccc4ccccc34)c3ccc(-c4ccc(-n5c6ccccc6c6ccccc65)cc4)c4oc5ccccc5c34)cc21. The Labute approximate surface area is 371 Å². The van der Waals surface area contributed by atoms with E-state index in [0.717, 1.165) is 61.4 Å². The molecule has 12 aromatic rings. The number of benzene rings is 10. The monoisotopic (exact) mass is 818 g/mol. The molecule has 0 saturated carbocycles. The van der Waals surface area contributed by atoms with Crippen molar-refractivity contribution < 1.29 is 4.42 Å². The topological polar surface area (TPSA) is 21.3 Å². The van der Waals surface area contributed by atoms with Gasteiger partial charge in [-0.1, -0.05) is 172 Å². The summed E-state index contributed by atoms with van der Waals surface area (Å²) in [6, 6.07) is 79.6. The number of anilines is 3. The zero-order chi connectivity index (χ0) is 42.5. The minimum atomic E-state index is -0.119. The normalized spacial score (nSPS) is 13.0. The van der Waals surface area contributed by atoms with Crippen molar-refractivity contribution in [3.8, 4) is 39.1 Å². The van der Waals surface area contributed by atoms with Crippen LogP contribution in [-0.2, 0) is 5.41 Å². The molecular formula is C61H42N2O. The summed E-state index contributed by atoms with van der Waals surface area (Å²) in [7, 11) is 0. The first-order valence-electron chi connectivity index (χ1n) is 22.2. The second-order valence-corrected chi connectivity index (χ2v) is 17.6. The molecule has 13 rings (SSSR count). The fourth-order valence-corrected chi connectivity index (χ4v) is 10.8. The molecule has 0 bridgehead atoms. The molecule has 0 saturated heterocycles. The first-order valence-corrected chi connectivity index (χ1v) is 22.2.